The topological polar surface area (TPSA) is 75.7 Å². The van der Waals surface area contributed by atoms with E-state index in [4.69, 9.17) is 16.4 Å². The summed E-state index contributed by atoms with van der Waals surface area (Å²) in [6.45, 7) is 0.457. The van der Waals surface area contributed by atoms with Crippen LogP contribution in [0.25, 0.3) is 0 Å². The van der Waals surface area contributed by atoms with Crippen molar-refractivity contribution in [2.24, 2.45) is 0 Å². The van der Waals surface area contributed by atoms with Gasteiger partial charge in [-0.1, -0.05) is 16.1 Å². The Balaban J connectivity index is 2.13. The lowest BCUT2D eigenvalue weighted by molar-refractivity contribution is -0.0258. The Bertz CT molecular complexity index is 807. The van der Waals surface area contributed by atoms with Crippen LogP contribution < -0.4 is 5.32 Å². The maximum Gasteiger partial charge on any atom is 0.266 e. The van der Waals surface area contributed by atoms with Crippen molar-refractivity contribution < 1.29 is 18.0 Å². The van der Waals surface area contributed by atoms with Crippen molar-refractivity contribution in [2.75, 3.05) is 20.7 Å². The van der Waals surface area contributed by atoms with Crippen molar-refractivity contribution in [2.45, 2.75) is 11.3 Å². The summed E-state index contributed by atoms with van der Waals surface area (Å²) in [5.41, 5.74) is 1.36. The normalized spacial score (nSPS) is 11.7. The van der Waals surface area contributed by atoms with Crippen LogP contribution in [0.15, 0.2) is 39.9 Å². The number of halogens is 1. The lowest BCUT2D eigenvalue weighted by Crippen LogP contribution is -2.28. The average Bonchev–Trinajstić information content (AvgIpc) is 3.07. The third-order valence-corrected chi connectivity index (χ3v) is 6.24. The average molecular weight is 389 g/mol. The number of rotatable bonds is 7. The third kappa shape index (κ3) is 4.34. The Morgan fingerprint density at radius 3 is 2.75 bits per heavy atom. The van der Waals surface area contributed by atoms with Gasteiger partial charge in [-0.05, 0) is 47.0 Å². The van der Waals surface area contributed by atoms with Gasteiger partial charge in [0.15, 0.2) is 0 Å². The molecule has 2 rings (SSSR count). The summed E-state index contributed by atoms with van der Waals surface area (Å²) in [5, 5.41) is 6.77. The predicted molar refractivity (Wildman–Crippen MR) is 93.8 cm³/mol. The minimum atomic E-state index is -3.93. The van der Waals surface area contributed by atoms with Crippen LogP contribution in [0.3, 0.4) is 0 Å². The molecule has 2 aromatic rings. The molecule has 0 atom stereocenters. The van der Waals surface area contributed by atoms with Crippen LogP contribution in [-0.4, -0.2) is 39.5 Å². The van der Waals surface area contributed by atoms with Crippen LogP contribution in [0.1, 0.15) is 15.9 Å². The van der Waals surface area contributed by atoms with E-state index in [0.29, 0.717) is 17.4 Å². The van der Waals surface area contributed by atoms with Crippen LogP contribution in [0.5, 0.6) is 0 Å². The van der Waals surface area contributed by atoms with Gasteiger partial charge in [0.25, 0.3) is 15.9 Å². The zero-order chi connectivity index (χ0) is 17.7. The summed E-state index contributed by atoms with van der Waals surface area (Å²) >= 11 is 7.56. The Hall–Kier alpha value is -1.45. The van der Waals surface area contributed by atoms with Crippen molar-refractivity contribution in [1.29, 1.82) is 0 Å². The summed E-state index contributed by atoms with van der Waals surface area (Å²) in [6, 6.07) is 6.09. The molecule has 0 saturated heterocycles. The molecule has 1 heterocycles. The second-order valence-corrected chi connectivity index (χ2v) is 7.97. The molecule has 1 N–H and O–H groups in total. The second kappa shape index (κ2) is 8.09. The van der Waals surface area contributed by atoms with Crippen LogP contribution in [-0.2, 0) is 21.3 Å². The number of thiophene rings is 1. The highest BCUT2D eigenvalue weighted by Crippen LogP contribution is 2.25. The monoisotopic (exact) mass is 388 g/mol. The third-order valence-electron chi connectivity index (χ3n) is 3.35. The first kappa shape index (κ1) is 18.9. The molecular formula is C15H17ClN2O4S2. The highest BCUT2D eigenvalue weighted by Gasteiger charge is 2.25. The number of nitrogens with zero attached hydrogens (tertiary/aromatic N) is 1. The highest BCUT2D eigenvalue weighted by atomic mass is 35.5. The zero-order valence-electron chi connectivity index (χ0n) is 13.2. The van der Waals surface area contributed by atoms with Crippen molar-refractivity contribution >= 4 is 38.9 Å². The summed E-state index contributed by atoms with van der Waals surface area (Å²) in [4.78, 5) is 16.7. The van der Waals surface area contributed by atoms with E-state index in [2.05, 4.69) is 5.32 Å². The quantitative estimate of drug-likeness (QED) is 0.739. The van der Waals surface area contributed by atoms with Gasteiger partial charge in [0.1, 0.15) is 4.90 Å². The van der Waals surface area contributed by atoms with E-state index in [0.717, 1.165) is 5.56 Å². The van der Waals surface area contributed by atoms with Gasteiger partial charge in [-0.2, -0.15) is 11.3 Å². The Morgan fingerprint density at radius 2 is 2.12 bits per heavy atom. The Kier molecular flexibility index (Phi) is 6.36. The minimum absolute atomic E-state index is 0.0220. The van der Waals surface area contributed by atoms with Crippen LogP contribution in [0.4, 0.5) is 0 Å². The Morgan fingerprint density at radius 1 is 1.38 bits per heavy atom. The molecule has 0 aliphatic carbocycles. The molecule has 130 valence electrons. The first-order valence-corrected chi connectivity index (χ1v) is 9.74. The number of hydrogen-bond donors (Lipinski definition) is 1. The molecule has 0 fully saturated rings. The predicted octanol–water partition coefficient (Wildman–Crippen LogP) is 2.56. The number of nitrogens with one attached hydrogen (secondary N) is 1. The van der Waals surface area contributed by atoms with Gasteiger partial charge >= 0.3 is 0 Å². The van der Waals surface area contributed by atoms with E-state index in [1.807, 2.05) is 16.8 Å². The van der Waals surface area contributed by atoms with E-state index in [9.17, 15) is 13.2 Å². The number of carbonyl (C=O) groups excluding carboxylic acids is 1. The van der Waals surface area contributed by atoms with Gasteiger partial charge in [-0.25, -0.2) is 8.42 Å². The highest BCUT2D eigenvalue weighted by molar-refractivity contribution is 7.89. The molecular weight excluding hydrogens is 372 g/mol. The van der Waals surface area contributed by atoms with E-state index in [1.54, 1.807) is 11.3 Å². The summed E-state index contributed by atoms with van der Waals surface area (Å²) < 4.78 is 25.3. The van der Waals surface area contributed by atoms with Gasteiger partial charge < -0.3 is 5.32 Å². The molecule has 0 unspecified atom stereocenters. The molecule has 1 amide bonds. The molecule has 0 bridgehead atoms. The molecule has 0 saturated carbocycles. The van der Waals surface area contributed by atoms with E-state index in [-0.39, 0.29) is 21.4 Å². The van der Waals surface area contributed by atoms with Gasteiger partial charge in [0, 0.05) is 19.2 Å². The maximum absolute atomic E-state index is 12.3. The standard InChI is InChI=1S/C15H17ClN2O4S2/c1-18(22-2)24(20,21)14-9-12(3-4-13(14)16)15(19)17-7-5-11-6-8-23-10-11/h3-4,6,8-10H,5,7H2,1-2H3,(H,17,19). The fraction of sp³-hybridized carbons (Fsp3) is 0.267. The molecule has 24 heavy (non-hydrogen) atoms. The number of carbonyl (C=O) groups is 1. The van der Waals surface area contributed by atoms with Gasteiger partial charge in [0.05, 0.1) is 12.1 Å². The zero-order valence-corrected chi connectivity index (χ0v) is 15.5. The van der Waals surface area contributed by atoms with Gasteiger partial charge in [-0.15, -0.1) is 0 Å². The second-order valence-electron chi connectivity index (χ2n) is 4.88. The fourth-order valence-electron chi connectivity index (χ4n) is 1.94. The number of hydrogen-bond acceptors (Lipinski definition) is 5. The van der Waals surface area contributed by atoms with E-state index >= 15 is 0 Å². The molecule has 1 aromatic carbocycles. The summed E-state index contributed by atoms with van der Waals surface area (Å²) in [5.74, 6) is -0.363. The molecule has 9 heteroatoms. The number of sulfonamides is 1. The lowest BCUT2D eigenvalue weighted by Gasteiger charge is -2.15. The lowest BCUT2D eigenvalue weighted by atomic mass is 10.2. The smallest absolute Gasteiger partial charge is 0.266 e. The van der Waals surface area contributed by atoms with Crippen molar-refractivity contribution in [3.05, 3.63) is 51.2 Å². The SMILES string of the molecule is CON(C)S(=O)(=O)c1cc(C(=O)NCCc2ccsc2)ccc1Cl. The number of benzene rings is 1. The van der Waals surface area contributed by atoms with E-state index in [1.165, 1.54) is 32.4 Å². The summed E-state index contributed by atoms with van der Waals surface area (Å²) in [7, 11) is -1.45. The van der Waals surface area contributed by atoms with Crippen molar-refractivity contribution in [3.63, 3.8) is 0 Å². The van der Waals surface area contributed by atoms with Gasteiger partial charge in [0.2, 0.25) is 0 Å². The number of amides is 1. The molecule has 0 radical (unpaired) electrons. The maximum atomic E-state index is 12.3. The number of hydroxylamine groups is 1. The molecule has 1 aromatic heterocycles. The molecule has 0 aliphatic rings. The fourth-order valence-corrected chi connectivity index (χ4v) is 4.11. The first-order valence-electron chi connectivity index (χ1n) is 6.98. The molecule has 6 nitrogen and oxygen atoms in total. The summed E-state index contributed by atoms with van der Waals surface area (Å²) in [6.07, 6.45) is 0.709. The van der Waals surface area contributed by atoms with Crippen molar-refractivity contribution in [1.82, 2.24) is 9.79 Å². The van der Waals surface area contributed by atoms with E-state index < -0.39 is 10.0 Å². The van der Waals surface area contributed by atoms with Crippen LogP contribution >= 0.6 is 22.9 Å². The van der Waals surface area contributed by atoms with Crippen LogP contribution in [0, 0.1) is 0 Å². The van der Waals surface area contributed by atoms with Gasteiger partial charge in [-0.3, -0.25) is 9.63 Å². The minimum Gasteiger partial charge on any atom is -0.352 e. The largest absolute Gasteiger partial charge is 0.352 e. The Labute approximate surface area is 150 Å². The van der Waals surface area contributed by atoms with Crippen LogP contribution in [0.2, 0.25) is 5.02 Å². The van der Waals surface area contributed by atoms with Crippen molar-refractivity contribution in [3.8, 4) is 0 Å². The molecule has 0 aliphatic heterocycles. The first-order chi connectivity index (χ1) is 11.4. The molecule has 0 spiro atoms.